The third-order valence-corrected chi connectivity index (χ3v) is 5.40. The highest BCUT2D eigenvalue weighted by Crippen LogP contribution is 2.24. The van der Waals surface area contributed by atoms with Gasteiger partial charge in [-0.2, -0.15) is 15.5 Å². The summed E-state index contributed by atoms with van der Waals surface area (Å²) in [6.45, 7) is 3.38. The molecule has 0 fully saturated rings. The summed E-state index contributed by atoms with van der Waals surface area (Å²) in [4.78, 5) is 12.7. The fourth-order valence-electron chi connectivity index (χ4n) is 3.62. The number of amides is 1. The number of nitrogens with one attached hydrogen (secondary N) is 1. The molecule has 0 bridgehead atoms. The van der Waals surface area contributed by atoms with Gasteiger partial charge in [0.1, 0.15) is 6.07 Å². The third kappa shape index (κ3) is 4.03. The van der Waals surface area contributed by atoms with E-state index in [2.05, 4.69) is 21.6 Å². The van der Waals surface area contributed by atoms with Crippen LogP contribution in [0.5, 0.6) is 0 Å². The van der Waals surface area contributed by atoms with Gasteiger partial charge in [0.15, 0.2) is 0 Å². The minimum Gasteiger partial charge on any atom is -0.348 e. The van der Waals surface area contributed by atoms with Crippen LogP contribution in [-0.4, -0.2) is 31.5 Å². The van der Waals surface area contributed by atoms with Crippen LogP contribution in [0.2, 0.25) is 5.02 Å². The number of carbonyl (C=O) groups excluding carboxylic acids is 1. The van der Waals surface area contributed by atoms with Gasteiger partial charge in [-0.05, 0) is 44.4 Å². The first-order valence-corrected chi connectivity index (χ1v) is 10.0. The number of aromatic nitrogens is 4. The normalized spacial score (nSPS) is 14.1. The quantitative estimate of drug-likeness (QED) is 0.700. The molecule has 0 spiro atoms. The highest BCUT2D eigenvalue weighted by Gasteiger charge is 2.21. The molecule has 29 heavy (non-hydrogen) atoms. The number of hydrogen-bond acceptors (Lipinski definition) is 4. The van der Waals surface area contributed by atoms with E-state index in [1.807, 2.05) is 29.9 Å². The van der Waals surface area contributed by atoms with E-state index in [4.69, 9.17) is 16.9 Å². The van der Waals surface area contributed by atoms with Gasteiger partial charge < -0.3 is 5.32 Å². The van der Waals surface area contributed by atoms with Crippen LogP contribution >= 0.6 is 11.6 Å². The minimum atomic E-state index is -0.0982. The summed E-state index contributed by atoms with van der Waals surface area (Å²) in [6, 6.07) is 9.09. The Morgan fingerprint density at radius 2 is 2.24 bits per heavy atom. The van der Waals surface area contributed by atoms with Gasteiger partial charge >= 0.3 is 0 Å². The van der Waals surface area contributed by atoms with Gasteiger partial charge in [-0.3, -0.25) is 14.2 Å². The summed E-state index contributed by atoms with van der Waals surface area (Å²) >= 11 is 6.12. The van der Waals surface area contributed by atoms with E-state index in [0.717, 1.165) is 42.8 Å². The van der Waals surface area contributed by atoms with Gasteiger partial charge in [0.05, 0.1) is 40.3 Å². The van der Waals surface area contributed by atoms with Crippen LogP contribution in [0.4, 0.5) is 0 Å². The number of rotatable bonds is 5. The Morgan fingerprint density at radius 3 is 3.03 bits per heavy atom. The second-order valence-corrected chi connectivity index (χ2v) is 7.70. The molecule has 3 aromatic rings. The predicted octanol–water partition coefficient (Wildman–Crippen LogP) is 3.43. The maximum atomic E-state index is 12.7. The van der Waals surface area contributed by atoms with Crippen molar-refractivity contribution in [1.29, 1.82) is 5.26 Å². The number of nitrogens with zero attached hydrogens (tertiary/aromatic N) is 5. The maximum absolute atomic E-state index is 12.7. The molecule has 0 saturated heterocycles. The number of fused-ring (bicyclic) bond motifs is 1. The van der Waals surface area contributed by atoms with Crippen LogP contribution < -0.4 is 5.32 Å². The molecule has 1 aliphatic rings. The minimum absolute atomic E-state index is 0.0908. The highest BCUT2D eigenvalue weighted by atomic mass is 35.5. The maximum Gasteiger partial charge on any atom is 0.255 e. The van der Waals surface area contributed by atoms with E-state index in [1.165, 1.54) is 0 Å². The molecule has 0 saturated carbocycles. The molecule has 3 heterocycles. The lowest BCUT2D eigenvalue weighted by atomic mass is 10.1. The molecule has 1 aliphatic heterocycles. The van der Waals surface area contributed by atoms with Crippen molar-refractivity contribution in [3.63, 3.8) is 0 Å². The average molecular weight is 409 g/mol. The van der Waals surface area contributed by atoms with Gasteiger partial charge in [0.2, 0.25) is 0 Å². The summed E-state index contributed by atoms with van der Waals surface area (Å²) in [5.74, 6) is -0.0908. The molecule has 4 rings (SSSR count). The molecule has 1 unspecified atom stereocenters. The van der Waals surface area contributed by atoms with Crippen molar-refractivity contribution in [3.05, 3.63) is 58.5 Å². The number of benzene rings is 1. The largest absolute Gasteiger partial charge is 0.348 e. The lowest BCUT2D eigenvalue weighted by Crippen LogP contribution is -2.36. The van der Waals surface area contributed by atoms with Gasteiger partial charge in [-0.25, -0.2) is 0 Å². The standard InChI is InChI=1S/C21H21ClN6O/c1-14(25-21(29)17-12-24-28-8-3-2-4-20(17)28)13-27-9-7-19(26-27)15-5-6-16(11-23)18(22)10-15/h5-7,9-10,12,14H,2-4,8,13H2,1H3,(H,25,29). The lowest BCUT2D eigenvalue weighted by molar-refractivity contribution is 0.0934. The van der Waals surface area contributed by atoms with Crippen molar-refractivity contribution < 1.29 is 4.79 Å². The Labute approximate surface area is 173 Å². The highest BCUT2D eigenvalue weighted by molar-refractivity contribution is 6.32. The van der Waals surface area contributed by atoms with Crippen LogP contribution in [0.25, 0.3) is 11.3 Å². The van der Waals surface area contributed by atoms with Gasteiger partial charge in [-0.1, -0.05) is 17.7 Å². The number of aryl methyl sites for hydroxylation is 1. The summed E-state index contributed by atoms with van der Waals surface area (Å²) in [5.41, 5.74) is 3.75. The van der Waals surface area contributed by atoms with E-state index < -0.39 is 0 Å². The Bertz CT molecular complexity index is 1090. The molecule has 7 nitrogen and oxygen atoms in total. The zero-order valence-electron chi connectivity index (χ0n) is 16.1. The Hall–Kier alpha value is -3.11. The fraction of sp³-hybridized carbons (Fsp3) is 0.333. The van der Waals surface area contributed by atoms with Gasteiger partial charge in [-0.15, -0.1) is 0 Å². The van der Waals surface area contributed by atoms with Crippen LogP contribution in [0, 0.1) is 11.3 Å². The molecule has 1 N–H and O–H groups in total. The average Bonchev–Trinajstić information content (AvgIpc) is 3.34. The van der Waals surface area contributed by atoms with E-state index >= 15 is 0 Å². The topological polar surface area (TPSA) is 88.5 Å². The monoisotopic (exact) mass is 408 g/mol. The van der Waals surface area contributed by atoms with Crippen molar-refractivity contribution >= 4 is 17.5 Å². The Morgan fingerprint density at radius 1 is 1.38 bits per heavy atom. The van der Waals surface area contributed by atoms with Crippen LogP contribution in [0.3, 0.4) is 0 Å². The molecule has 0 radical (unpaired) electrons. The molecule has 1 amide bonds. The van der Waals surface area contributed by atoms with Gasteiger partial charge in [0, 0.05) is 24.3 Å². The van der Waals surface area contributed by atoms with E-state index in [-0.39, 0.29) is 11.9 Å². The Kier molecular flexibility index (Phi) is 5.36. The molecule has 1 atom stereocenters. The first-order chi connectivity index (χ1) is 14.0. The Balaban J connectivity index is 1.41. The SMILES string of the molecule is CC(Cn1ccc(-c2ccc(C#N)c(Cl)c2)n1)NC(=O)c1cnn2c1CCCC2. The van der Waals surface area contributed by atoms with Crippen molar-refractivity contribution in [1.82, 2.24) is 24.9 Å². The van der Waals surface area contributed by atoms with E-state index in [9.17, 15) is 4.79 Å². The first kappa shape index (κ1) is 19.2. The molecule has 0 aliphatic carbocycles. The second-order valence-electron chi connectivity index (χ2n) is 7.29. The second kappa shape index (κ2) is 8.10. The van der Waals surface area contributed by atoms with Crippen LogP contribution in [0.15, 0.2) is 36.7 Å². The smallest absolute Gasteiger partial charge is 0.255 e. The molecule has 1 aromatic carbocycles. The molecule has 148 valence electrons. The number of carbonyl (C=O) groups is 1. The van der Waals surface area contributed by atoms with Crippen molar-refractivity contribution in [2.75, 3.05) is 0 Å². The summed E-state index contributed by atoms with van der Waals surface area (Å²) in [6.07, 6.45) is 6.64. The zero-order valence-corrected chi connectivity index (χ0v) is 16.9. The summed E-state index contributed by atoms with van der Waals surface area (Å²) < 4.78 is 3.73. The van der Waals surface area contributed by atoms with E-state index in [1.54, 1.807) is 23.0 Å². The third-order valence-electron chi connectivity index (χ3n) is 5.09. The summed E-state index contributed by atoms with van der Waals surface area (Å²) in [5, 5.41) is 21.3. The lowest BCUT2D eigenvalue weighted by Gasteiger charge is -2.16. The molecule has 8 heteroatoms. The molecule has 2 aromatic heterocycles. The first-order valence-electron chi connectivity index (χ1n) is 9.64. The number of nitriles is 1. The van der Waals surface area contributed by atoms with Crippen molar-refractivity contribution in [3.8, 4) is 17.3 Å². The number of hydrogen-bond donors (Lipinski definition) is 1. The fourth-order valence-corrected chi connectivity index (χ4v) is 3.84. The summed E-state index contributed by atoms with van der Waals surface area (Å²) in [7, 11) is 0. The molecular formula is C21H21ClN6O. The zero-order chi connectivity index (χ0) is 20.4. The van der Waals surface area contributed by atoms with Crippen molar-refractivity contribution in [2.24, 2.45) is 0 Å². The van der Waals surface area contributed by atoms with Gasteiger partial charge in [0.25, 0.3) is 5.91 Å². The molecular weight excluding hydrogens is 388 g/mol. The van der Waals surface area contributed by atoms with Crippen molar-refractivity contribution in [2.45, 2.75) is 45.3 Å². The predicted molar refractivity (Wildman–Crippen MR) is 109 cm³/mol. The van der Waals surface area contributed by atoms with Crippen LogP contribution in [-0.2, 0) is 19.5 Å². The van der Waals surface area contributed by atoms with Crippen LogP contribution in [0.1, 0.15) is 41.4 Å². The number of halogens is 1. The van der Waals surface area contributed by atoms with E-state index in [0.29, 0.717) is 22.7 Å².